The van der Waals surface area contributed by atoms with Gasteiger partial charge in [0.15, 0.2) is 0 Å². The van der Waals surface area contributed by atoms with Gasteiger partial charge >= 0.3 is 0 Å². The molecule has 6 nitrogen and oxygen atoms in total. The summed E-state index contributed by atoms with van der Waals surface area (Å²) in [5.41, 5.74) is 5.93. The lowest BCUT2D eigenvalue weighted by Gasteiger charge is -2.32. The molecule has 2 heterocycles. The van der Waals surface area contributed by atoms with Gasteiger partial charge in [0, 0.05) is 48.1 Å². The van der Waals surface area contributed by atoms with Crippen LogP contribution in [0.3, 0.4) is 0 Å². The second-order valence-electron chi connectivity index (χ2n) is 12.4. The molecule has 9 rings (SSSR count). The van der Waals surface area contributed by atoms with Gasteiger partial charge < -0.3 is 19.3 Å². The van der Waals surface area contributed by atoms with Gasteiger partial charge in [-0.1, -0.05) is 60.7 Å². The first-order chi connectivity index (χ1) is 22.5. The molecule has 0 radical (unpaired) electrons. The Morgan fingerprint density at radius 3 is 1.22 bits per heavy atom. The number of carbonyl (C=O) groups is 2. The molecule has 2 amide bonds. The summed E-state index contributed by atoms with van der Waals surface area (Å²) < 4.78 is 10.6. The predicted octanol–water partition coefficient (Wildman–Crippen LogP) is 8.07. The number of methoxy groups -OCH3 is 2. The Hall–Kier alpha value is -5.62. The van der Waals surface area contributed by atoms with Gasteiger partial charge in [0.1, 0.15) is 11.5 Å². The van der Waals surface area contributed by atoms with Gasteiger partial charge in [-0.3, -0.25) is 9.59 Å². The fourth-order valence-corrected chi connectivity index (χ4v) is 7.70. The van der Waals surface area contributed by atoms with E-state index in [-0.39, 0.29) is 11.8 Å². The number of amides is 2. The molecule has 0 saturated carbocycles. The summed E-state index contributed by atoms with van der Waals surface area (Å²) in [4.78, 5) is 31.7. The van der Waals surface area contributed by atoms with Crippen LogP contribution in [0.15, 0.2) is 97.1 Å². The molecule has 0 unspecified atom stereocenters. The van der Waals surface area contributed by atoms with Crippen LogP contribution < -0.4 is 9.47 Å². The highest BCUT2D eigenvalue weighted by Gasteiger charge is 2.31. The highest BCUT2D eigenvalue weighted by atomic mass is 16.5. The van der Waals surface area contributed by atoms with Crippen LogP contribution >= 0.6 is 0 Å². The molecule has 0 bridgehead atoms. The van der Waals surface area contributed by atoms with Crippen LogP contribution in [0.5, 0.6) is 11.5 Å². The van der Waals surface area contributed by atoms with Gasteiger partial charge in [0.05, 0.1) is 14.2 Å². The summed E-state index contributed by atoms with van der Waals surface area (Å²) in [6.45, 7) is 2.17. The number of hydrogen-bond donors (Lipinski definition) is 0. The maximum Gasteiger partial charge on any atom is 0.255 e. The Morgan fingerprint density at radius 2 is 0.848 bits per heavy atom. The van der Waals surface area contributed by atoms with E-state index in [1.165, 1.54) is 0 Å². The smallest absolute Gasteiger partial charge is 0.255 e. The number of nitrogens with zero attached hydrogens (tertiary/aromatic N) is 2. The van der Waals surface area contributed by atoms with Crippen molar-refractivity contribution in [3.63, 3.8) is 0 Å². The molecule has 224 valence electrons. The third-order valence-corrected chi connectivity index (χ3v) is 9.90. The zero-order chi connectivity index (χ0) is 31.1. The minimum atomic E-state index is 0.0469. The second-order valence-corrected chi connectivity index (χ2v) is 12.4. The molecule has 0 atom stereocenters. The fourth-order valence-electron chi connectivity index (χ4n) is 7.70. The van der Waals surface area contributed by atoms with Gasteiger partial charge in [-0.2, -0.15) is 0 Å². The largest absolute Gasteiger partial charge is 0.497 e. The molecule has 7 aromatic carbocycles. The molecule has 2 aliphatic rings. The number of fused-ring (bicyclic) bond motifs is 2. The Morgan fingerprint density at radius 1 is 0.478 bits per heavy atom. The fraction of sp³-hybridized carbons (Fsp3) is 0.150. The van der Waals surface area contributed by atoms with Gasteiger partial charge in [0.2, 0.25) is 0 Å². The van der Waals surface area contributed by atoms with E-state index < -0.39 is 0 Å². The summed E-state index contributed by atoms with van der Waals surface area (Å²) >= 11 is 0. The van der Waals surface area contributed by atoms with E-state index in [4.69, 9.17) is 9.47 Å². The average Bonchev–Trinajstić information content (AvgIpc) is 3.10. The van der Waals surface area contributed by atoms with Crippen LogP contribution in [0.1, 0.15) is 43.0 Å². The van der Waals surface area contributed by atoms with E-state index in [2.05, 4.69) is 36.4 Å². The summed E-state index contributed by atoms with van der Waals surface area (Å²) in [6.07, 6.45) is 0. The molecule has 0 N–H and O–H groups in total. The highest BCUT2D eigenvalue weighted by Crippen LogP contribution is 2.46. The SMILES string of the molecule is COc1ccc(CN2Cc3ccc4c5ccc6c7c(ccc(c8ccc(c3c48)C2=O)c75)CN(Cc2ccc(OC)cc2)C6=O)cc1. The molecule has 0 aliphatic carbocycles. The summed E-state index contributed by atoms with van der Waals surface area (Å²) in [6, 6.07) is 32.8. The van der Waals surface area contributed by atoms with Gasteiger partial charge in [-0.05, 0) is 91.0 Å². The molecule has 2 aliphatic heterocycles. The maximum absolute atomic E-state index is 13.9. The minimum Gasteiger partial charge on any atom is -0.497 e. The third-order valence-electron chi connectivity index (χ3n) is 9.90. The van der Waals surface area contributed by atoms with Crippen molar-refractivity contribution >= 4 is 54.9 Å². The summed E-state index contributed by atoms with van der Waals surface area (Å²) in [5, 5.41) is 8.84. The van der Waals surface area contributed by atoms with Crippen molar-refractivity contribution < 1.29 is 19.1 Å². The predicted molar refractivity (Wildman–Crippen MR) is 181 cm³/mol. The topological polar surface area (TPSA) is 59.1 Å². The minimum absolute atomic E-state index is 0.0469. The van der Waals surface area contributed by atoms with E-state index >= 15 is 0 Å². The van der Waals surface area contributed by atoms with E-state index in [0.29, 0.717) is 26.2 Å². The molecule has 0 saturated heterocycles. The first-order valence-electron chi connectivity index (χ1n) is 15.5. The molecular weight excluding hydrogens is 572 g/mol. The van der Waals surface area contributed by atoms with Crippen LogP contribution in [0.25, 0.3) is 43.1 Å². The average molecular weight is 603 g/mol. The zero-order valence-corrected chi connectivity index (χ0v) is 25.6. The van der Waals surface area contributed by atoms with Crippen molar-refractivity contribution in [1.82, 2.24) is 9.80 Å². The summed E-state index contributed by atoms with van der Waals surface area (Å²) in [5.74, 6) is 1.69. The quantitative estimate of drug-likeness (QED) is 0.143. The number of ether oxygens (including phenoxy) is 2. The molecule has 46 heavy (non-hydrogen) atoms. The lowest BCUT2D eigenvalue weighted by atomic mass is 9.82. The Balaban J connectivity index is 1.15. The van der Waals surface area contributed by atoms with Gasteiger partial charge in [-0.15, -0.1) is 0 Å². The number of carbonyl (C=O) groups excluding carboxylic acids is 2. The highest BCUT2D eigenvalue weighted by molar-refractivity contribution is 6.36. The van der Waals surface area contributed by atoms with Gasteiger partial charge in [-0.25, -0.2) is 0 Å². The normalized spacial score (nSPS) is 14.3. The van der Waals surface area contributed by atoms with Crippen LogP contribution in [0, 0.1) is 0 Å². The third kappa shape index (κ3) is 3.83. The van der Waals surface area contributed by atoms with Crippen molar-refractivity contribution in [2.45, 2.75) is 26.2 Å². The molecule has 0 spiro atoms. The lowest BCUT2D eigenvalue weighted by Crippen LogP contribution is -2.33. The Kier molecular flexibility index (Phi) is 5.78. The standard InChI is InChI=1S/C40H30N2O4/c1-45-27-9-3-23(4-10-27)19-41-21-25-7-13-29-32-16-18-34-36-26(22-42(40(34)44)20-24-5-11-28(46-2)12-6-24)8-14-30(38(32)36)31-15-17-33(39(41)43)35(25)37(29)31/h3-18H,19-22H2,1-2H3. The van der Waals surface area contributed by atoms with E-state index in [9.17, 15) is 9.59 Å². The van der Waals surface area contributed by atoms with Crippen LogP contribution in [-0.4, -0.2) is 35.8 Å². The van der Waals surface area contributed by atoms with E-state index in [1.807, 2.05) is 70.5 Å². The van der Waals surface area contributed by atoms with Crippen molar-refractivity contribution in [3.8, 4) is 11.5 Å². The molecule has 7 aromatic rings. The van der Waals surface area contributed by atoms with E-state index in [1.54, 1.807) is 14.2 Å². The number of benzene rings is 7. The maximum atomic E-state index is 13.9. The van der Waals surface area contributed by atoms with Gasteiger partial charge in [0.25, 0.3) is 11.8 Å². The summed E-state index contributed by atoms with van der Waals surface area (Å²) in [7, 11) is 3.31. The van der Waals surface area contributed by atoms with Crippen LogP contribution in [0.2, 0.25) is 0 Å². The van der Waals surface area contributed by atoms with Crippen molar-refractivity contribution in [1.29, 1.82) is 0 Å². The first kappa shape index (κ1) is 26.8. The Bertz CT molecular complexity index is 2190. The van der Waals surface area contributed by atoms with E-state index in [0.717, 1.165) is 88.0 Å². The van der Waals surface area contributed by atoms with Crippen LogP contribution in [-0.2, 0) is 26.2 Å². The van der Waals surface area contributed by atoms with Crippen LogP contribution in [0.4, 0.5) is 0 Å². The number of rotatable bonds is 6. The second kappa shape index (κ2) is 9.94. The number of hydrogen-bond acceptors (Lipinski definition) is 4. The van der Waals surface area contributed by atoms with Crippen molar-refractivity contribution in [2.24, 2.45) is 0 Å². The first-order valence-corrected chi connectivity index (χ1v) is 15.5. The molecule has 0 fully saturated rings. The Labute approximate surface area is 265 Å². The lowest BCUT2D eigenvalue weighted by molar-refractivity contribution is 0.0718. The molecular formula is C40H30N2O4. The van der Waals surface area contributed by atoms with Crippen molar-refractivity contribution in [2.75, 3.05) is 14.2 Å². The zero-order valence-electron chi connectivity index (χ0n) is 25.6. The monoisotopic (exact) mass is 602 g/mol. The van der Waals surface area contributed by atoms with Crippen molar-refractivity contribution in [3.05, 3.63) is 130 Å². The molecule has 6 heteroatoms. The molecule has 0 aromatic heterocycles.